The van der Waals surface area contributed by atoms with Gasteiger partial charge in [0.1, 0.15) is 5.54 Å². The number of rotatable bonds is 3. The zero-order chi connectivity index (χ0) is 13.1. The maximum Gasteiger partial charge on any atom is 0.242 e. The molecule has 1 aliphatic heterocycles. The lowest BCUT2D eigenvalue weighted by atomic mass is 9.93. The molecule has 0 radical (unpaired) electrons. The molecule has 1 aliphatic carbocycles. The fourth-order valence-corrected chi connectivity index (χ4v) is 2.74. The van der Waals surface area contributed by atoms with Crippen molar-refractivity contribution >= 4 is 5.91 Å². The molecule has 5 heteroatoms. The van der Waals surface area contributed by atoms with Crippen LogP contribution in [0, 0.1) is 0 Å². The minimum Gasteiger partial charge on any atom is -0.388 e. The number of nitrogens with two attached hydrogens (primary N) is 1. The second-order valence-electron chi connectivity index (χ2n) is 5.78. The molecule has 0 aromatic carbocycles. The molecule has 18 heavy (non-hydrogen) atoms. The first kappa shape index (κ1) is 13.8. The van der Waals surface area contributed by atoms with Gasteiger partial charge in [0.2, 0.25) is 5.91 Å². The summed E-state index contributed by atoms with van der Waals surface area (Å²) in [6, 6.07) is 0. The number of nitrogens with one attached hydrogen (secondary N) is 1. The lowest BCUT2D eigenvalue weighted by molar-refractivity contribution is -0.127. The predicted molar refractivity (Wildman–Crippen MR) is 68.0 cm³/mol. The normalized spacial score (nSPS) is 31.9. The van der Waals surface area contributed by atoms with Gasteiger partial charge in [-0.05, 0) is 19.3 Å². The maximum atomic E-state index is 12.0. The summed E-state index contributed by atoms with van der Waals surface area (Å²) in [6.07, 6.45) is 6.49. The van der Waals surface area contributed by atoms with E-state index in [4.69, 9.17) is 10.5 Å². The third-order valence-electron chi connectivity index (χ3n) is 4.12. The molecule has 104 valence electrons. The van der Waals surface area contributed by atoms with Crippen LogP contribution in [0.4, 0.5) is 0 Å². The monoisotopic (exact) mass is 256 g/mol. The number of carbonyl (C=O) groups is 1. The molecule has 0 bridgehead atoms. The Balaban J connectivity index is 1.84. The molecule has 4 N–H and O–H groups in total. The van der Waals surface area contributed by atoms with Crippen molar-refractivity contribution in [2.75, 3.05) is 19.8 Å². The Morgan fingerprint density at radius 2 is 1.89 bits per heavy atom. The van der Waals surface area contributed by atoms with Crippen molar-refractivity contribution in [1.29, 1.82) is 0 Å². The second-order valence-corrected chi connectivity index (χ2v) is 5.78. The summed E-state index contributed by atoms with van der Waals surface area (Å²) < 4.78 is 5.17. The van der Waals surface area contributed by atoms with E-state index in [1.165, 1.54) is 12.8 Å². The fraction of sp³-hybridized carbons (Fsp3) is 0.923. The van der Waals surface area contributed by atoms with E-state index in [-0.39, 0.29) is 12.5 Å². The van der Waals surface area contributed by atoms with Crippen molar-refractivity contribution in [3.8, 4) is 0 Å². The second kappa shape index (κ2) is 5.55. The minimum absolute atomic E-state index is 0.197. The molecule has 0 aromatic heterocycles. The summed E-state index contributed by atoms with van der Waals surface area (Å²) in [4.78, 5) is 12.0. The smallest absolute Gasteiger partial charge is 0.242 e. The van der Waals surface area contributed by atoms with Crippen LogP contribution in [0.15, 0.2) is 0 Å². The van der Waals surface area contributed by atoms with Crippen LogP contribution >= 0.6 is 0 Å². The van der Waals surface area contributed by atoms with Gasteiger partial charge in [0, 0.05) is 13.2 Å². The van der Waals surface area contributed by atoms with Crippen LogP contribution in [-0.4, -0.2) is 41.9 Å². The number of aliphatic hydroxyl groups is 1. The van der Waals surface area contributed by atoms with Crippen LogP contribution in [0.25, 0.3) is 0 Å². The standard InChI is InChI=1S/C13H24N2O3/c14-13(7-8-18-10-13)11(16)15-9-12(17)5-3-1-2-4-6-12/h17H,1-10,14H2,(H,15,16). The predicted octanol–water partition coefficient (Wildman–Crippen LogP) is 0.306. The molecule has 1 atom stereocenters. The van der Waals surface area contributed by atoms with Crippen molar-refractivity contribution in [1.82, 2.24) is 5.32 Å². The first-order valence-electron chi connectivity index (χ1n) is 6.92. The third kappa shape index (κ3) is 3.22. The molecule has 2 aliphatic rings. The van der Waals surface area contributed by atoms with Crippen molar-refractivity contribution in [2.24, 2.45) is 5.73 Å². The molecule has 1 unspecified atom stereocenters. The van der Waals surface area contributed by atoms with Gasteiger partial charge in [-0.25, -0.2) is 0 Å². The highest BCUT2D eigenvalue weighted by atomic mass is 16.5. The van der Waals surface area contributed by atoms with E-state index >= 15 is 0 Å². The SMILES string of the molecule is NC1(C(=O)NCC2(O)CCCCCC2)CCOC1. The largest absolute Gasteiger partial charge is 0.388 e. The topological polar surface area (TPSA) is 84.6 Å². The van der Waals surface area contributed by atoms with Gasteiger partial charge in [-0.1, -0.05) is 25.7 Å². The Bertz CT molecular complexity index is 293. The van der Waals surface area contributed by atoms with Crippen molar-refractivity contribution in [3.05, 3.63) is 0 Å². The summed E-state index contributed by atoms with van der Waals surface area (Å²) in [5.41, 5.74) is 4.32. The molecular formula is C13H24N2O3. The first-order valence-corrected chi connectivity index (χ1v) is 6.92. The Morgan fingerprint density at radius 1 is 1.22 bits per heavy atom. The molecule has 1 saturated heterocycles. The van der Waals surface area contributed by atoms with Gasteiger partial charge < -0.3 is 20.9 Å². The van der Waals surface area contributed by atoms with Crippen molar-refractivity contribution in [2.45, 2.75) is 56.1 Å². The summed E-state index contributed by atoms with van der Waals surface area (Å²) in [5.74, 6) is -0.197. The highest BCUT2D eigenvalue weighted by Crippen LogP contribution is 2.26. The summed E-state index contributed by atoms with van der Waals surface area (Å²) in [5, 5.41) is 13.2. The lowest BCUT2D eigenvalue weighted by Gasteiger charge is -2.29. The highest BCUT2D eigenvalue weighted by molar-refractivity contribution is 5.86. The van der Waals surface area contributed by atoms with Gasteiger partial charge in [-0.2, -0.15) is 0 Å². The Kier molecular flexibility index (Phi) is 4.25. The number of ether oxygens (including phenoxy) is 1. The first-order chi connectivity index (χ1) is 8.54. The Labute approximate surface area is 108 Å². The fourth-order valence-electron chi connectivity index (χ4n) is 2.74. The summed E-state index contributed by atoms with van der Waals surface area (Å²) >= 11 is 0. The van der Waals surface area contributed by atoms with Crippen LogP contribution in [0.5, 0.6) is 0 Å². The van der Waals surface area contributed by atoms with E-state index < -0.39 is 11.1 Å². The van der Waals surface area contributed by atoms with Crippen LogP contribution in [0.1, 0.15) is 44.9 Å². The lowest BCUT2D eigenvalue weighted by Crippen LogP contribution is -2.57. The van der Waals surface area contributed by atoms with Crippen LogP contribution in [-0.2, 0) is 9.53 Å². The van der Waals surface area contributed by atoms with Crippen LogP contribution < -0.4 is 11.1 Å². The number of hydrogen-bond acceptors (Lipinski definition) is 4. The molecule has 5 nitrogen and oxygen atoms in total. The number of amides is 1. The van der Waals surface area contributed by atoms with Crippen molar-refractivity contribution < 1.29 is 14.6 Å². The molecule has 0 spiro atoms. The average molecular weight is 256 g/mol. The molecule has 1 saturated carbocycles. The van der Waals surface area contributed by atoms with Gasteiger partial charge >= 0.3 is 0 Å². The highest BCUT2D eigenvalue weighted by Gasteiger charge is 2.39. The van der Waals surface area contributed by atoms with Crippen LogP contribution in [0.3, 0.4) is 0 Å². The third-order valence-corrected chi connectivity index (χ3v) is 4.12. The Morgan fingerprint density at radius 3 is 2.44 bits per heavy atom. The van der Waals surface area contributed by atoms with Crippen LogP contribution in [0.2, 0.25) is 0 Å². The van der Waals surface area contributed by atoms with Gasteiger partial charge in [-0.15, -0.1) is 0 Å². The van der Waals surface area contributed by atoms with E-state index in [0.717, 1.165) is 25.7 Å². The van der Waals surface area contributed by atoms with E-state index in [1.807, 2.05) is 0 Å². The Hall–Kier alpha value is -0.650. The molecule has 2 rings (SSSR count). The molecule has 0 aromatic rings. The molecule has 1 heterocycles. The minimum atomic E-state index is -0.902. The zero-order valence-corrected chi connectivity index (χ0v) is 10.9. The quantitative estimate of drug-likeness (QED) is 0.634. The van der Waals surface area contributed by atoms with Gasteiger partial charge in [0.05, 0.1) is 12.2 Å². The van der Waals surface area contributed by atoms with Crippen molar-refractivity contribution in [3.63, 3.8) is 0 Å². The maximum absolute atomic E-state index is 12.0. The number of hydrogen-bond donors (Lipinski definition) is 3. The number of carbonyl (C=O) groups excluding carboxylic acids is 1. The molecule has 2 fully saturated rings. The van der Waals surface area contributed by atoms with E-state index in [0.29, 0.717) is 19.6 Å². The molecular weight excluding hydrogens is 232 g/mol. The van der Waals surface area contributed by atoms with E-state index in [9.17, 15) is 9.90 Å². The van der Waals surface area contributed by atoms with E-state index in [2.05, 4.69) is 5.32 Å². The zero-order valence-electron chi connectivity index (χ0n) is 10.9. The van der Waals surface area contributed by atoms with Gasteiger partial charge in [-0.3, -0.25) is 4.79 Å². The van der Waals surface area contributed by atoms with Gasteiger partial charge in [0.15, 0.2) is 0 Å². The average Bonchev–Trinajstić information content (AvgIpc) is 2.68. The summed E-state index contributed by atoms with van der Waals surface area (Å²) in [6.45, 7) is 1.12. The van der Waals surface area contributed by atoms with Gasteiger partial charge in [0.25, 0.3) is 0 Å². The molecule has 1 amide bonds. The summed E-state index contributed by atoms with van der Waals surface area (Å²) in [7, 11) is 0. The van der Waals surface area contributed by atoms with E-state index in [1.54, 1.807) is 0 Å².